The normalized spacial score (nSPS) is 18.3. The van der Waals surface area contributed by atoms with Gasteiger partial charge in [0, 0.05) is 37.3 Å². The van der Waals surface area contributed by atoms with Crippen LogP contribution in [0.25, 0.3) is 10.8 Å². The van der Waals surface area contributed by atoms with Crippen molar-refractivity contribution in [2.45, 2.75) is 12.0 Å². The average Bonchev–Trinajstić information content (AvgIpc) is 2.27. The predicted molar refractivity (Wildman–Crippen MR) is 63.3 cm³/mol. The minimum Gasteiger partial charge on any atom is -0.387 e. The molecule has 1 fully saturated rings. The summed E-state index contributed by atoms with van der Waals surface area (Å²) in [6.07, 6.45) is 4.37. The van der Waals surface area contributed by atoms with Crippen molar-refractivity contribution in [2.24, 2.45) is 0 Å². The second-order valence-electron chi connectivity index (χ2n) is 4.52. The van der Waals surface area contributed by atoms with Crippen LogP contribution in [-0.4, -0.2) is 28.8 Å². The molecule has 0 amide bonds. The first-order valence-corrected chi connectivity index (χ1v) is 5.52. The van der Waals surface area contributed by atoms with Crippen LogP contribution in [0.3, 0.4) is 0 Å². The maximum Gasteiger partial charge on any atom is 0.0935 e. The second-order valence-corrected chi connectivity index (χ2v) is 4.52. The van der Waals surface area contributed by atoms with Crippen molar-refractivity contribution in [3.63, 3.8) is 0 Å². The second kappa shape index (κ2) is 3.54. The standard InChI is InChI=1S/C13H14N2O/c16-13(8-15-9-13)6-10-2-1-3-11-7-14-5-4-12(10)11/h1-5,7,15-16H,6,8-9H2. The maximum atomic E-state index is 10.1. The van der Waals surface area contributed by atoms with E-state index in [1.807, 2.05) is 18.3 Å². The lowest BCUT2D eigenvalue weighted by atomic mass is 9.87. The van der Waals surface area contributed by atoms with Gasteiger partial charge in [0.1, 0.15) is 0 Å². The van der Waals surface area contributed by atoms with E-state index in [1.165, 1.54) is 10.9 Å². The molecule has 2 N–H and O–H groups in total. The van der Waals surface area contributed by atoms with Crippen LogP contribution in [0.2, 0.25) is 0 Å². The van der Waals surface area contributed by atoms with E-state index in [1.54, 1.807) is 6.20 Å². The average molecular weight is 214 g/mol. The summed E-state index contributed by atoms with van der Waals surface area (Å²) in [7, 11) is 0. The number of pyridine rings is 1. The molecular weight excluding hydrogens is 200 g/mol. The molecule has 16 heavy (non-hydrogen) atoms. The molecular formula is C13H14N2O. The quantitative estimate of drug-likeness (QED) is 0.787. The van der Waals surface area contributed by atoms with Crippen LogP contribution in [0.15, 0.2) is 36.7 Å². The molecule has 1 aromatic heterocycles. The first kappa shape index (κ1) is 9.75. The number of aromatic nitrogens is 1. The molecule has 0 saturated carbocycles. The molecule has 0 aliphatic carbocycles. The van der Waals surface area contributed by atoms with Crippen LogP contribution >= 0.6 is 0 Å². The van der Waals surface area contributed by atoms with Crippen LogP contribution in [0.5, 0.6) is 0 Å². The van der Waals surface area contributed by atoms with Crippen LogP contribution < -0.4 is 5.32 Å². The van der Waals surface area contributed by atoms with Gasteiger partial charge < -0.3 is 10.4 Å². The molecule has 0 bridgehead atoms. The SMILES string of the molecule is OC1(Cc2cccc3cnccc23)CNC1. The van der Waals surface area contributed by atoms with Gasteiger partial charge in [-0.2, -0.15) is 0 Å². The monoisotopic (exact) mass is 214 g/mol. The Morgan fingerprint density at radius 2 is 2.19 bits per heavy atom. The van der Waals surface area contributed by atoms with Crippen molar-refractivity contribution in [1.29, 1.82) is 0 Å². The Bertz CT molecular complexity index is 515. The van der Waals surface area contributed by atoms with Gasteiger partial charge in [-0.25, -0.2) is 0 Å². The summed E-state index contributed by atoms with van der Waals surface area (Å²) in [5.74, 6) is 0. The number of hydrogen-bond donors (Lipinski definition) is 2. The summed E-state index contributed by atoms with van der Waals surface area (Å²) in [6.45, 7) is 1.38. The molecule has 3 rings (SSSR count). The van der Waals surface area contributed by atoms with Crippen molar-refractivity contribution in [3.05, 3.63) is 42.2 Å². The number of aliphatic hydroxyl groups is 1. The maximum absolute atomic E-state index is 10.1. The summed E-state index contributed by atoms with van der Waals surface area (Å²) in [5, 5.41) is 15.6. The molecule has 0 atom stereocenters. The molecule has 3 heteroatoms. The highest BCUT2D eigenvalue weighted by atomic mass is 16.3. The highest BCUT2D eigenvalue weighted by Gasteiger charge is 2.34. The smallest absolute Gasteiger partial charge is 0.0935 e. The summed E-state index contributed by atoms with van der Waals surface area (Å²) >= 11 is 0. The van der Waals surface area contributed by atoms with Crippen molar-refractivity contribution in [3.8, 4) is 0 Å². The van der Waals surface area contributed by atoms with Gasteiger partial charge >= 0.3 is 0 Å². The zero-order chi connectivity index (χ0) is 11.0. The van der Waals surface area contributed by atoms with Gasteiger partial charge in [0.25, 0.3) is 0 Å². The van der Waals surface area contributed by atoms with Gasteiger partial charge in [0.05, 0.1) is 5.60 Å². The predicted octanol–water partition coefficient (Wildman–Crippen LogP) is 1.11. The van der Waals surface area contributed by atoms with Crippen molar-refractivity contribution in [2.75, 3.05) is 13.1 Å². The highest BCUT2D eigenvalue weighted by molar-refractivity contribution is 5.84. The number of hydrogen-bond acceptors (Lipinski definition) is 3. The highest BCUT2D eigenvalue weighted by Crippen LogP contribution is 2.24. The van der Waals surface area contributed by atoms with E-state index in [2.05, 4.69) is 22.4 Å². The third kappa shape index (κ3) is 1.58. The molecule has 3 nitrogen and oxygen atoms in total. The third-order valence-corrected chi connectivity index (χ3v) is 3.20. The Labute approximate surface area is 94.1 Å². The van der Waals surface area contributed by atoms with E-state index in [9.17, 15) is 5.11 Å². The Kier molecular flexibility index (Phi) is 2.16. The number of fused-ring (bicyclic) bond motifs is 1. The number of nitrogens with zero attached hydrogens (tertiary/aromatic N) is 1. The lowest BCUT2D eigenvalue weighted by Gasteiger charge is -2.38. The number of benzene rings is 1. The van der Waals surface area contributed by atoms with Crippen molar-refractivity contribution >= 4 is 10.8 Å². The topological polar surface area (TPSA) is 45.2 Å². The van der Waals surface area contributed by atoms with Gasteiger partial charge in [-0.05, 0) is 17.0 Å². The molecule has 1 aromatic carbocycles. The van der Waals surface area contributed by atoms with E-state index in [0.29, 0.717) is 19.5 Å². The molecule has 2 aromatic rings. The van der Waals surface area contributed by atoms with Crippen LogP contribution in [0.1, 0.15) is 5.56 Å². The van der Waals surface area contributed by atoms with E-state index >= 15 is 0 Å². The zero-order valence-corrected chi connectivity index (χ0v) is 8.98. The molecule has 1 saturated heterocycles. The zero-order valence-electron chi connectivity index (χ0n) is 8.98. The Morgan fingerprint density at radius 1 is 1.31 bits per heavy atom. The van der Waals surface area contributed by atoms with Crippen LogP contribution in [-0.2, 0) is 6.42 Å². The first-order chi connectivity index (χ1) is 7.77. The molecule has 0 unspecified atom stereocenters. The Balaban J connectivity index is 2.03. The largest absolute Gasteiger partial charge is 0.387 e. The fourth-order valence-electron chi connectivity index (χ4n) is 2.24. The number of nitrogens with one attached hydrogen (secondary N) is 1. The fraction of sp³-hybridized carbons (Fsp3) is 0.308. The lowest BCUT2D eigenvalue weighted by molar-refractivity contribution is -0.00874. The molecule has 1 aliphatic heterocycles. The van der Waals surface area contributed by atoms with Gasteiger partial charge in [-0.3, -0.25) is 4.98 Å². The van der Waals surface area contributed by atoms with Crippen LogP contribution in [0.4, 0.5) is 0 Å². The van der Waals surface area contributed by atoms with Crippen molar-refractivity contribution < 1.29 is 5.11 Å². The van der Waals surface area contributed by atoms with E-state index in [-0.39, 0.29) is 0 Å². The molecule has 2 heterocycles. The van der Waals surface area contributed by atoms with E-state index in [0.717, 1.165) is 5.39 Å². The van der Waals surface area contributed by atoms with Gasteiger partial charge in [0.15, 0.2) is 0 Å². The van der Waals surface area contributed by atoms with Crippen LogP contribution in [0, 0.1) is 0 Å². The Morgan fingerprint density at radius 3 is 2.94 bits per heavy atom. The summed E-state index contributed by atoms with van der Waals surface area (Å²) in [6, 6.07) is 8.17. The summed E-state index contributed by atoms with van der Waals surface area (Å²) in [4.78, 5) is 4.11. The number of rotatable bonds is 2. The summed E-state index contributed by atoms with van der Waals surface area (Å²) in [5.41, 5.74) is 0.640. The first-order valence-electron chi connectivity index (χ1n) is 5.52. The van der Waals surface area contributed by atoms with E-state index < -0.39 is 5.60 Å². The molecule has 1 aliphatic rings. The molecule has 82 valence electrons. The van der Waals surface area contributed by atoms with E-state index in [4.69, 9.17) is 0 Å². The lowest BCUT2D eigenvalue weighted by Crippen LogP contribution is -2.60. The third-order valence-electron chi connectivity index (χ3n) is 3.20. The summed E-state index contributed by atoms with van der Waals surface area (Å²) < 4.78 is 0. The van der Waals surface area contributed by atoms with Gasteiger partial charge in [0.2, 0.25) is 0 Å². The fourth-order valence-corrected chi connectivity index (χ4v) is 2.24. The molecule has 0 spiro atoms. The number of β-amino-alcohol motifs (C(OH)–C–C–N with tert-alkyl or cyclic N) is 1. The minimum atomic E-state index is -0.558. The van der Waals surface area contributed by atoms with Crippen molar-refractivity contribution in [1.82, 2.24) is 10.3 Å². The molecule has 0 radical (unpaired) electrons. The minimum absolute atomic E-state index is 0.558. The Hall–Kier alpha value is -1.45. The van der Waals surface area contributed by atoms with Gasteiger partial charge in [-0.15, -0.1) is 0 Å². The van der Waals surface area contributed by atoms with Gasteiger partial charge in [-0.1, -0.05) is 18.2 Å².